The van der Waals surface area contributed by atoms with Gasteiger partial charge in [0.15, 0.2) is 5.69 Å². The van der Waals surface area contributed by atoms with Crippen molar-refractivity contribution in [1.29, 1.82) is 0 Å². The van der Waals surface area contributed by atoms with E-state index >= 15 is 0 Å². The van der Waals surface area contributed by atoms with Gasteiger partial charge in [0.05, 0.1) is 25.4 Å². The molecule has 8 nitrogen and oxygen atoms in total. The maximum absolute atomic E-state index is 13.8. The largest absolute Gasteiger partial charge is 0.464 e. The summed E-state index contributed by atoms with van der Waals surface area (Å²) in [5.41, 5.74) is 0.988. The molecular formula is C28H29F3N4O4. The molecule has 2 saturated heterocycles. The number of esters is 1. The summed E-state index contributed by atoms with van der Waals surface area (Å²) in [5.74, 6) is 0.812. The van der Waals surface area contributed by atoms with Crippen LogP contribution in [0.5, 0.6) is 0 Å². The molecular weight excluding hydrogens is 513 g/mol. The molecule has 2 bridgehead atoms. The first-order chi connectivity index (χ1) is 18.7. The number of alkyl halides is 3. The summed E-state index contributed by atoms with van der Waals surface area (Å²) < 4.78 is 58.1. The third-order valence-electron chi connectivity index (χ3n) is 7.88. The van der Waals surface area contributed by atoms with E-state index in [9.17, 15) is 18.0 Å². The molecule has 3 aliphatic rings. The number of ether oxygens (including phenoxy) is 2. The maximum Gasteiger partial charge on any atom is 0.417 e. The van der Waals surface area contributed by atoms with Crippen LogP contribution in [0.25, 0.3) is 11.3 Å². The van der Waals surface area contributed by atoms with Crippen molar-refractivity contribution in [3.05, 3.63) is 58.6 Å². The number of aryl methyl sites for hydroxylation is 1. The number of hydrogen-bond donors (Lipinski definition) is 0. The first-order valence-corrected chi connectivity index (χ1v) is 13.2. The van der Waals surface area contributed by atoms with Gasteiger partial charge >= 0.3 is 12.1 Å². The number of fused-ring (bicyclic) bond motifs is 2. The highest BCUT2D eigenvalue weighted by atomic mass is 19.4. The molecule has 11 heteroatoms. The van der Waals surface area contributed by atoms with Gasteiger partial charge in [-0.2, -0.15) is 13.2 Å². The lowest BCUT2D eigenvalue weighted by Crippen LogP contribution is -2.46. The zero-order chi connectivity index (χ0) is 27.3. The van der Waals surface area contributed by atoms with Crippen molar-refractivity contribution in [2.24, 2.45) is 0 Å². The van der Waals surface area contributed by atoms with Crippen LogP contribution in [0.2, 0.25) is 0 Å². The Balaban J connectivity index is 1.22. The van der Waals surface area contributed by atoms with Crippen molar-refractivity contribution in [2.45, 2.75) is 82.3 Å². The number of carbonyl (C=O) groups is 1. The van der Waals surface area contributed by atoms with Gasteiger partial charge < -0.3 is 18.9 Å². The van der Waals surface area contributed by atoms with Crippen LogP contribution in [0.3, 0.4) is 0 Å². The van der Waals surface area contributed by atoms with Crippen molar-refractivity contribution in [1.82, 2.24) is 15.1 Å². The van der Waals surface area contributed by atoms with E-state index in [4.69, 9.17) is 14.0 Å². The van der Waals surface area contributed by atoms with E-state index in [1.54, 1.807) is 12.1 Å². The summed E-state index contributed by atoms with van der Waals surface area (Å²) >= 11 is 0. The molecule has 0 N–H and O–H groups in total. The minimum atomic E-state index is -4.51. The van der Waals surface area contributed by atoms with Gasteiger partial charge in [0.25, 0.3) is 0 Å². The lowest BCUT2D eigenvalue weighted by molar-refractivity contribution is -0.137. The first kappa shape index (κ1) is 25.8. The second-order valence-electron chi connectivity index (χ2n) is 10.6. The normalized spacial score (nSPS) is 22.8. The highest BCUT2D eigenvalue weighted by Gasteiger charge is 2.43. The third-order valence-corrected chi connectivity index (χ3v) is 7.88. The Kier molecular flexibility index (Phi) is 6.57. The molecule has 2 unspecified atom stereocenters. The minimum absolute atomic E-state index is 0.00662. The van der Waals surface area contributed by atoms with Crippen LogP contribution >= 0.6 is 0 Å². The van der Waals surface area contributed by atoms with Crippen molar-refractivity contribution in [3.63, 3.8) is 0 Å². The Morgan fingerprint density at radius 2 is 1.82 bits per heavy atom. The first-order valence-electron chi connectivity index (χ1n) is 13.2. The molecule has 206 valence electrons. The number of halogens is 3. The van der Waals surface area contributed by atoms with Gasteiger partial charge in [-0.25, -0.2) is 14.8 Å². The molecule has 1 saturated carbocycles. The van der Waals surface area contributed by atoms with Crippen LogP contribution in [-0.2, 0) is 22.3 Å². The minimum Gasteiger partial charge on any atom is -0.464 e. The monoisotopic (exact) mass is 542 g/mol. The summed E-state index contributed by atoms with van der Waals surface area (Å²) in [6.45, 7) is 1.95. The number of piperidine rings is 1. The van der Waals surface area contributed by atoms with Crippen molar-refractivity contribution in [2.75, 3.05) is 12.0 Å². The summed E-state index contributed by atoms with van der Waals surface area (Å²) in [6.07, 6.45) is 0.589. The fourth-order valence-electron chi connectivity index (χ4n) is 5.94. The highest BCUT2D eigenvalue weighted by molar-refractivity contribution is 5.87. The van der Waals surface area contributed by atoms with E-state index in [-0.39, 0.29) is 47.7 Å². The van der Waals surface area contributed by atoms with Crippen molar-refractivity contribution >= 4 is 11.9 Å². The fourth-order valence-corrected chi connectivity index (χ4v) is 5.94. The number of rotatable bonds is 7. The topological polar surface area (TPSA) is 90.6 Å². The summed E-state index contributed by atoms with van der Waals surface area (Å²) in [7, 11) is 1.32. The van der Waals surface area contributed by atoms with E-state index in [1.165, 1.54) is 19.2 Å². The molecule has 4 heterocycles. The number of anilines is 1. The Bertz CT molecular complexity index is 1370. The van der Waals surface area contributed by atoms with E-state index in [1.807, 2.05) is 6.92 Å². The molecule has 0 radical (unpaired) electrons. The Hall–Kier alpha value is -3.47. The van der Waals surface area contributed by atoms with Gasteiger partial charge in [-0.05, 0) is 57.6 Å². The predicted molar refractivity (Wildman–Crippen MR) is 134 cm³/mol. The number of hydrogen-bond acceptors (Lipinski definition) is 8. The van der Waals surface area contributed by atoms with Gasteiger partial charge in [-0.1, -0.05) is 23.4 Å². The molecule has 2 atom stereocenters. The molecule has 3 aromatic rings. The second kappa shape index (κ2) is 9.93. The van der Waals surface area contributed by atoms with E-state index in [0.717, 1.165) is 44.6 Å². The van der Waals surface area contributed by atoms with E-state index in [0.29, 0.717) is 23.0 Å². The van der Waals surface area contributed by atoms with E-state index in [2.05, 4.69) is 20.0 Å². The summed E-state index contributed by atoms with van der Waals surface area (Å²) in [5, 5.41) is 4.10. The van der Waals surface area contributed by atoms with Gasteiger partial charge in [-0.15, -0.1) is 0 Å². The zero-order valence-corrected chi connectivity index (χ0v) is 21.7. The van der Waals surface area contributed by atoms with Crippen molar-refractivity contribution < 1.29 is 32.0 Å². The molecule has 1 aliphatic carbocycles. The average molecular weight is 543 g/mol. The molecule has 6 rings (SSSR count). The standard InChI is InChI=1S/C28H29F3N4O4/c1-15-11-23(26(36)37-2)33-27(32-15)35-17-9-10-18(35)13-19(12-17)38-14-21-24(34-39-25(21)16-7-8-16)20-5-3-4-6-22(20)28(29,30)31/h3-6,11,16-19H,7-10,12-14H2,1-2H3. The van der Waals surface area contributed by atoms with Crippen LogP contribution in [0.15, 0.2) is 34.9 Å². The lowest BCUT2D eigenvalue weighted by atomic mass is 9.98. The van der Waals surface area contributed by atoms with Gasteiger partial charge in [0.2, 0.25) is 5.95 Å². The Morgan fingerprint density at radius 1 is 1.10 bits per heavy atom. The Labute approximate surface area is 223 Å². The van der Waals surface area contributed by atoms with Crippen molar-refractivity contribution in [3.8, 4) is 11.3 Å². The van der Waals surface area contributed by atoms with Gasteiger partial charge in [-0.3, -0.25) is 0 Å². The lowest BCUT2D eigenvalue weighted by Gasteiger charge is -2.39. The smallest absolute Gasteiger partial charge is 0.417 e. The second-order valence-corrected chi connectivity index (χ2v) is 10.6. The number of nitrogens with zero attached hydrogens (tertiary/aromatic N) is 4. The summed E-state index contributed by atoms with van der Waals surface area (Å²) in [4.78, 5) is 23.3. The van der Waals surface area contributed by atoms with Crippen LogP contribution < -0.4 is 4.90 Å². The number of benzene rings is 1. The molecule has 2 aliphatic heterocycles. The molecule has 39 heavy (non-hydrogen) atoms. The van der Waals surface area contributed by atoms with Crippen LogP contribution in [0.1, 0.15) is 77.5 Å². The molecule has 2 aromatic heterocycles. The third kappa shape index (κ3) is 4.99. The average Bonchev–Trinajstić information content (AvgIpc) is 3.61. The molecule has 3 fully saturated rings. The van der Waals surface area contributed by atoms with Crippen LogP contribution in [-0.4, -0.2) is 46.4 Å². The maximum atomic E-state index is 13.8. The summed E-state index contributed by atoms with van der Waals surface area (Å²) in [6, 6.07) is 7.33. The molecule has 1 aromatic carbocycles. The molecule has 0 amide bonds. The molecule has 0 spiro atoms. The fraction of sp³-hybridized carbons (Fsp3) is 0.500. The zero-order valence-electron chi connectivity index (χ0n) is 21.7. The predicted octanol–water partition coefficient (Wildman–Crippen LogP) is 5.84. The van der Waals surface area contributed by atoms with E-state index < -0.39 is 17.7 Å². The number of carbonyl (C=O) groups excluding carboxylic acids is 1. The number of methoxy groups -OCH3 is 1. The number of aromatic nitrogens is 3. The van der Waals surface area contributed by atoms with Crippen LogP contribution in [0.4, 0.5) is 19.1 Å². The quantitative estimate of drug-likeness (QED) is 0.344. The van der Waals surface area contributed by atoms with Gasteiger partial charge in [0.1, 0.15) is 11.5 Å². The SMILES string of the molecule is COC(=O)c1cc(C)nc(N2C3CCC2CC(OCc2c(-c4ccccc4C(F)(F)F)noc2C2CC2)C3)n1. The Morgan fingerprint density at radius 3 is 2.49 bits per heavy atom. The van der Waals surface area contributed by atoms with Crippen LogP contribution in [0, 0.1) is 6.92 Å². The van der Waals surface area contributed by atoms with Gasteiger partial charge in [0, 0.05) is 34.8 Å². The highest BCUT2D eigenvalue weighted by Crippen LogP contribution is 2.46.